The topological polar surface area (TPSA) is 27.6 Å². The summed E-state index contributed by atoms with van der Waals surface area (Å²) in [5.74, 6) is 0.970. The summed E-state index contributed by atoms with van der Waals surface area (Å²) >= 11 is 0. The smallest absolute Gasteiger partial charge is 0.193 e. The molecule has 0 aliphatic carbocycles. The van der Waals surface area contributed by atoms with E-state index >= 15 is 0 Å². The van der Waals surface area contributed by atoms with Crippen molar-refractivity contribution in [1.29, 1.82) is 0 Å². The van der Waals surface area contributed by atoms with Gasteiger partial charge >= 0.3 is 0 Å². The maximum Gasteiger partial charge on any atom is 0.193 e. The first-order valence-corrected chi connectivity index (χ1v) is 7.74. The van der Waals surface area contributed by atoms with Crippen LogP contribution in [0.2, 0.25) is 0 Å². The molecule has 0 aromatic heterocycles. The van der Waals surface area contributed by atoms with Gasteiger partial charge in [-0.25, -0.2) is 0 Å². The number of nitrogens with one attached hydrogen (secondary N) is 1. The van der Waals surface area contributed by atoms with Gasteiger partial charge in [0.2, 0.25) is 0 Å². The summed E-state index contributed by atoms with van der Waals surface area (Å²) in [6.07, 6.45) is 5.56. The average molecular weight is 271 g/mol. The van der Waals surface area contributed by atoms with Crippen molar-refractivity contribution in [2.75, 3.05) is 32.9 Å². The van der Waals surface area contributed by atoms with Gasteiger partial charge in [-0.3, -0.25) is 9.38 Å². The first kappa shape index (κ1) is 16.3. The molecule has 0 saturated carbocycles. The summed E-state index contributed by atoms with van der Waals surface area (Å²) < 4.78 is 12.2. The zero-order chi connectivity index (χ0) is 14.1. The molecule has 1 unspecified atom stereocenters. The summed E-state index contributed by atoms with van der Waals surface area (Å²) in [6.45, 7) is 10.0. The van der Waals surface area contributed by atoms with E-state index in [0.717, 1.165) is 25.6 Å². The van der Waals surface area contributed by atoms with E-state index in [0.29, 0.717) is 18.4 Å². The summed E-state index contributed by atoms with van der Waals surface area (Å²) in [5, 5.41) is 3.34. The number of guanidine groups is 1. The summed E-state index contributed by atoms with van der Waals surface area (Å²) in [5.41, 5.74) is 0.406. The fourth-order valence-electron chi connectivity index (χ4n) is 2.97. The van der Waals surface area contributed by atoms with Gasteiger partial charge in [0.05, 0.1) is 6.67 Å². The van der Waals surface area contributed by atoms with E-state index in [1.54, 1.807) is 0 Å². The largest absolute Gasteiger partial charge is 0.357 e. The van der Waals surface area contributed by atoms with E-state index < -0.39 is 0 Å². The molecule has 1 heterocycles. The van der Waals surface area contributed by atoms with Crippen LogP contribution in [0.5, 0.6) is 0 Å². The lowest BCUT2D eigenvalue weighted by Crippen LogP contribution is -2.49. The van der Waals surface area contributed by atoms with Gasteiger partial charge in [-0.2, -0.15) is 0 Å². The molecule has 1 rings (SSSR count). The normalized spacial score (nSPS) is 24.6. The van der Waals surface area contributed by atoms with Crippen molar-refractivity contribution in [2.24, 2.45) is 10.4 Å². The minimum absolute atomic E-state index is 0.281. The number of halogens is 1. The van der Waals surface area contributed by atoms with E-state index in [-0.39, 0.29) is 6.67 Å². The predicted molar refractivity (Wildman–Crippen MR) is 80.4 cm³/mol. The number of likely N-dealkylation sites (tertiary alicyclic amines) is 1. The third-order valence-electron chi connectivity index (χ3n) is 3.82. The number of rotatable bonds is 6. The zero-order valence-electron chi connectivity index (χ0n) is 12.8. The maximum absolute atomic E-state index is 12.2. The van der Waals surface area contributed by atoms with Crippen LogP contribution in [0.25, 0.3) is 0 Å². The molecule has 1 aliphatic rings. The molecular weight excluding hydrogens is 241 g/mol. The molecule has 4 heteroatoms. The maximum atomic E-state index is 12.2. The Bertz CT molecular complexity index is 277. The number of hydrogen-bond donors (Lipinski definition) is 1. The highest BCUT2D eigenvalue weighted by Gasteiger charge is 2.31. The molecule has 19 heavy (non-hydrogen) atoms. The Morgan fingerprint density at radius 1 is 1.42 bits per heavy atom. The minimum Gasteiger partial charge on any atom is -0.357 e. The summed E-state index contributed by atoms with van der Waals surface area (Å²) in [7, 11) is 0. The number of alkyl halides is 1. The molecule has 3 nitrogen and oxygen atoms in total. The Labute approximate surface area is 117 Å². The molecule has 1 N–H and O–H groups in total. The quantitative estimate of drug-likeness (QED) is 0.456. The minimum atomic E-state index is -0.281. The van der Waals surface area contributed by atoms with Crippen LogP contribution in [0, 0.1) is 5.41 Å². The van der Waals surface area contributed by atoms with Crippen molar-refractivity contribution in [3.63, 3.8) is 0 Å². The lowest BCUT2D eigenvalue weighted by molar-refractivity contribution is 0.142. The monoisotopic (exact) mass is 271 g/mol. The molecule has 112 valence electrons. The van der Waals surface area contributed by atoms with Crippen molar-refractivity contribution in [3.05, 3.63) is 0 Å². The van der Waals surface area contributed by atoms with Gasteiger partial charge in [-0.1, -0.05) is 20.3 Å². The Kier molecular flexibility index (Phi) is 7.17. The van der Waals surface area contributed by atoms with Crippen LogP contribution < -0.4 is 5.32 Å². The zero-order valence-corrected chi connectivity index (χ0v) is 12.8. The Hall–Kier alpha value is -0.800. The van der Waals surface area contributed by atoms with Crippen molar-refractivity contribution in [3.8, 4) is 0 Å². The van der Waals surface area contributed by atoms with Gasteiger partial charge in [-0.05, 0) is 38.0 Å². The summed E-state index contributed by atoms with van der Waals surface area (Å²) in [4.78, 5) is 6.91. The van der Waals surface area contributed by atoms with E-state index in [4.69, 9.17) is 0 Å². The van der Waals surface area contributed by atoms with E-state index in [1.165, 1.54) is 25.7 Å². The van der Waals surface area contributed by atoms with Crippen LogP contribution in [0.4, 0.5) is 4.39 Å². The highest BCUT2D eigenvalue weighted by Crippen LogP contribution is 2.33. The second kappa shape index (κ2) is 8.39. The first-order valence-electron chi connectivity index (χ1n) is 7.74. The fourth-order valence-corrected chi connectivity index (χ4v) is 2.97. The van der Waals surface area contributed by atoms with Crippen LogP contribution in [0.3, 0.4) is 0 Å². The molecule has 0 aromatic carbocycles. The molecule has 0 radical (unpaired) electrons. The third kappa shape index (κ3) is 5.37. The highest BCUT2D eigenvalue weighted by molar-refractivity contribution is 5.80. The number of nitrogens with zero attached hydrogens (tertiary/aromatic N) is 2. The van der Waals surface area contributed by atoms with Gasteiger partial charge < -0.3 is 10.2 Å². The standard InChI is InChI=1S/C15H30FN3/c1-4-8-15(3)9-6-12-19(13-15)14(17-5-2)18-11-7-10-16/h4-13H2,1-3H3,(H,17,18). The van der Waals surface area contributed by atoms with Crippen molar-refractivity contribution >= 4 is 5.96 Å². The Morgan fingerprint density at radius 3 is 2.84 bits per heavy atom. The van der Waals surface area contributed by atoms with Gasteiger partial charge in [0.1, 0.15) is 0 Å². The van der Waals surface area contributed by atoms with E-state index in [2.05, 4.69) is 36.0 Å². The molecular formula is C15H30FN3. The Morgan fingerprint density at radius 2 is 2.21 bits per heavy atom. The van der Waals surface area contributed by atoms with E-state index in [1.807, 2.05) is 0 Å². The van der Waals surface area contributed by atoms with Gasteiger partial charge in [-0.15, -0.1) is 0 Å². The number of piperidine rings is 1. The van der Waals surface area contributed by atoms with Crippen molar-refractivity contribution in [2.45, 2.75) is 52.9 Å². The molecule has 1 aliphatic heterocycles. The predicted octanol–water partition coefficient (Wildman–Crippen LogP) is 3.21. The van der Waals surface area contributed by atoms with Crippen LogP contribution in [-0.2, 0) is 0 Å². The summed E-state index contributed by atoms with van der Waals surface area (Å²) in [6, 6.07) is 0. The number of hydrogen-bond acceptors (Lipinski definition) is 1. The van der Waals surface area contributed by atoms with Crippen molar-refractivity contribution in [1.82, 2.24) is 10.2 Å². The molecule has 0 bridgehead atoms. The van der Waals surface area contributed by atoms with Crippen LogP contribution in [-0.4, -0.2) is 43.7 Å². The van der Waals surface area contributed by atoms with Gasteiger partial charge in [0.15, 0.2) is 5.96 Å². The van der Waals surface area contributed by atoms with E-state index in [9.17, 15) is 4.39 Å². The molecule has 1 fully saturated rings. The number of aliphatic imine (C=N–C) groups is 1. The van der Waals surface area contributed by atoms with Crippen LogP contribution in [0.1, 0.15) is 52.9 Å². The third-order valence-corrected chi connectivity index (χ3v) is 3.82. The highest BCUT2D eigenvalue weighted by atomic mass is 19.1. The second-order valence-corrected chi connectivity index (χ2v) is 5.86. The first-order chi connectivity index (χ1) is 9.15. The second-order valence-electron chi connectivity index (χ2n) is 5.86. The molecule has 0 aromatic rings. The fraction of sp³-hybridized carbons (Fsp3) is 0.933. The van der Waals surface area contributed by atoms with Crippen LogP contribution >= 0.6 is 0 Å². The molecule has 0 spiro atoms. The average Bonchev–Trinajstić information content (AvgIpc) is 2.38. The molecule has 0 amide bonds. The lowest BCUT2D eigenvalue weighted by atomic mass is 9.78. The molecule has 1 saturated heterocycles. The molecule has 1 atom stereocenters. The van der Waals surface area contributed by atoms with Crippen LogP contribution in [0.15, 0.2) is 4.99 Å². The van der Waals surface area contributed by atoms with Gasteiger partial charge in [0.25, 0.3) is 0 Å². The van der Waals surface area contributed by atoms with Gasteiger partial charge in [0, 0.05) is 26.2 Å². The lowest BCUT2D eigenvalue weighted by Gasteiger charge is -2.42. The van der Waals surface area contributed by atoms with Crippen molar-refractivity contribution < 1.29 is 4.39 Å². The Balaban J connectivity index is 2.64. The SMILES string of the molecule is CCCC1(C)CCCN(C(=NCCCF)NCC)C1.